The van der Waals surface area contributed by atoms with Gasteiger partial charge < -0.3 is 4.90 Å². The van der Waals surface area contributed by atoms with E-state index in [-0.39, 0.29) is 11.4 Å². The largest absolute Gasteiger partial charge is 0.343 e. The summed E-state index contributed by atoms with van der Waals surface area (Å²) in [6.07, 6.45) is 2.77. The average molecular weight is 450 g/mol. The molecule has 0 aliphatic rings. The van der Waals surface area contributed by atoms with E-state index in [1.54, 1.807) is 18.1 Å². The Kier molecular flexibility index (Phi) is 6.25. The molecule has 0 bridgehead atoms. The van der Waals surface area contributed by atoms with Gasteiger partial charge in [0.05, 0.1) is 16.7 Å². The fourth-order valence-corrected chi connectivity index (χ4v) is 4.47. The van der Waals surface area contributed by atoms with Crippen LogP contribution in [0, 0.1) is 0 Å². The van der Waals surface area contributed by atoms with Crippen LogP contribution in [0.3, 0.4) is 0 Å². The Morgan fingerprint density at radius 1 is 0.933 bits per heavy atom. The molecule has 0 aliphatic heterocycles. The zero-order chi connectivity index (χ0) is 21.9. The van der Waals surface area contributed by atoms with Crippen molar-refractivity contribution >= 4 is 42.6 Å². The normalized spacial score (nSPS) is 12.3. The highest BCUT2D eigenvalue weighted by atomic mass is 32.2. The molecular formula is C19H23N5O4S2. The molecule has 1 aromatic heterocycles. The van der Waals surface area contributed by atoms with Crippen LogP contribution in [0.5, 0.6) is 0 Å². The highest BCUT2D eigenvalue weighted by molar-refractivity contribution is 7.92. The fraction of sp³-hybridized carbons (Fsp3) is 0.263. The summed E-state index contributed by atoms with van der Waals surface area (Å²) in [5.74, 6) is 0.510. The van der Waals surface area contributed by atoms with Gasteiger partial charge >= 0.3 is 0 Å². The lowest BCUT2D eigenvalue weighted by molar-refractivity contribution is 0.473. The molecule has 0 saturated carbocycles. The molecule has 0 spiro atoms. The summed E-state index contributed by atoms with van der Waals surface area (Å²) in [4.78, 5) is 10.7. The second-order valence-corrected chi connectivity index (χ2v) is 10.7. The number of hydrogen-bond acceptors (Lipinski definition) is 7. The molecule has 1 heterocycles. The van der Waals surface area contributed by atoms with Gasteiger partial charge in [-0.1, -0.05) is 18.2 Å². The van der Waals surface area contributed by atoms with Gasteiger partial charge in [-0.05, 0) is 30.3 Å². The van der Waals surface area contributed by atoms with Gasteiger partial charge in [0.25, 0.3) is 0 Å². The van der Waals surface area contributed by atoms with Crippen LogP contribution in [-0.4, -0.2) is 64.5 Å². The number of nitrogens with one attached hydrogen (secondary N) is 1. The number of rotatable bonds is 8. The lowest BCUT2D eigenvalue weighted by Gasteiger charge is -2.22. The van der Waals surface area contributed by atoms with Crippen LogP contribution in [0.2, 0.25) is 0 Å². The summed E-state index contributed by atoms with van der Waals surface area (Å²) in [6, 6.07) is 13.2. The van der Waals surface area contributed by atoms with E-state index in [9.17, 15) is 16.8 Å². The van der Waals surface area contributed by atoms with Gasteiger partial charge in [-0.3, -0.25) is 4.72 Å². The van der Waals surface area contributed by atoms with Crippen molar-refractivity contribution < 1.29 is 16.8 Å². The molecule has 0 atom stereocenters. The lowest BCUT2D eigenvalue weighted by atomic mass is 10.2. The number of sulfonamides is 2. The van der Waals surface area contributed by atoms with Crippen LogP contribution < -0.4 is 9.62 Å². The molecule has 3 aromatic rings. The first-order valence-electron chi connectivity index (χ1n) is 9.03. The number of nitrogens with zero attached hydrogens (tertiary/aromatic N) is 4. The maximum atomic E-state index is 12.8. The number of anilines is 2. The maximum absolute atomic E-state index is 12.8. The Morgan fingerprint density at radius 3 is 2.27 bits per heavy atom. The monoisotopic (exact) mass is 449 g/mol. The van der Waals surface area contributed by atoms with Crippen molar-refractivity contribution in [3.63, 3.8) is 0 Å². The standard InChI is InChI=1S/C19H23N5O4S2/c1-23(19-20-14-15-6-4-5-7-18(15)21-19)12-13-24(2)30(27,28)17-10-8-16(9-11-17)22-29(3,25)26/h4-11,14,22H,12-13H2,1-3H3. The lowest BCUT2D eigenvalue weighted by Crippen LogP contribution is -2.35. The zero-order valence-electron chi connectivity index (χ0n) is 16.8. The van der Waals surface area contributed by atoms with Crippen molar-refractivity contribution in [2.45, 2.75) is 4.90 Å². The Morgan fingerprint density at radius 2 is 1.60 bits per heavy atom. The van der Waals surface area contributed by atoms with Crippen LogP contribution in [0.25, 0.3) is 10.9 Å². The van der Waals surface area contributed by atoms with E-state index in [2.05, 4.69) is 14.7 Å². The van der Waals surface area contributed by atoms with Crippen LogP contribution >= 0.6 is 0 Å². The van der Waals surface area contributed by atoms with E-state index < -0.39 is 20.0 Å². The van der Waals surface area contributed by atoms with E-state index >= 15 is 0 Å². The molecule has 0 amide bonds. The van der Waals surface area contributed by atoms with E-state index in [0.29, 0.717) is 18.2 Å². The van der Waals surface area contributed by atoms with Gasteiger partial charge in [0.2, 0.25) is 26.0 Å². The molecule has 3 rings (SSSR count). The van der Waals surface area contributed by atoms with Crippen molar-refractivity contribution in [3.8, 4) is 0 Å². The Balaban J connectivity index is 1.67. The second kappa shape index (κ2) is 8.54. The highest BCUT2D eigenvalue weighted by Crippen LogP contribution is 2.19. The topological polar surface area (TPSA) is 113 Å². The minimum atomic E-state index is -3.72. The Bertz CT molecular complexity index is 1250. The van der Waals surface area contributed by atoms with Crippen molar-refractivity contribution in [3.05, 3.63) is 54.7 Å². The summed E-state index contributed by atoms with van der Waals surface area (Å²) in [6.45, 7) is 0.611. The van der Waals surface area contributed by atoms with Gasteiger partial charge in [-0.15, -0.1) is 0 Å². The number of likely N-dealkylation sites (N-methyl/N-ethyl adjacent to an activating group) is 2. The van der Waals surface area contributed by atoms with Crippen molar-refractivity contribution in [2.24, 2.45) is 0 Å². The molecule has 0 aliphatic carbocycles. The van der Waals surface area contributed by atoms with Gasteiger partial charge in [-0.2, -0.15) is 4.31 Å². The van der Waals surface area contributed by atoms with E-state index in [1.165, 1.54) is 35.6 Å². The minimum absolute atomic E-state index is 0.0775. The molecule has 11 heteroatoms. The molecule has 160 valence electrons. The first-order chi connectivity index (χ1) is 14.1. The number of benzene rings is 2. The molecule has 2 aromatic carbocycles. The van der Waals surface area contributed by atoms with Crippen molar-refractivity contribution in [1.82, 2.24) is 14.3 Å². The number of para-hydroxylation sites is 1. The Labute approximate surface area is 176 Å². The second-order valence-electron chi connectivity index (χ2n) is 6.88. The third kappa shape index (κ3) is 5.23. The zero-order valence-corrected chi connectivity index (χ0v) is 18.5. The van der Waals surface area contributed by atoms with Crippen LogP contribution in [0.15, 0.2) is 59.6 Å². The Hall–Kier alpha value is -2.76. The number of aromatic nitrogens is 2. The summed E-state index contributed by atoms with van der Waals surface area (Å²) < 4.78 is 51.7. The van der Waals surface area contributed by atoms with Gasteiger partial charge in [0.1, 0.15) is 0 Å². The predicted molar refractivity (Wildman–Crippen MR) is 118 cm³/mol. The van der Waals surface area contributed by atoms with Gasteiger partial charge in [0.15, 0.2) is 0 Å². The molecule has 0 unspecified atom stereocenters. The average Bonchev–Trinajstić information content (AvgIpc) is 2.70. The van der Waals surface area contributed by atoms with Crippen LogP contribution in [-0.2, 0) is 20.0 Å². The quantitative estimate of drug-likeness (QED) is 0.557. The summed E-state index contributed by atoms with van der Waals surface area (Å²) in [5, 5.41) is 0.933. The predicted octanol–water partition coefficient (Wildman–Crippen LogP) is 1.76. The van der Waals surface area contributed by atoms with Crippen LogP contribution in [0.4, 0.5) is 11.6 Å². The molecular weight excluding hydrogens is 426 g/mol. The summed E-state index contributed by atoms with van der Waals surface area (Å²) >= 11 is 0. The first kappa shape index (κ1) is 21.9. The first-order valence-corrected chi connectivity index (χ1v) is 12.4. The third-order valence-corrected chi connectivity index (χ3v) is 6.91. The molecule has 0 radical (unpaired) electrons. The number of fused-ring (bicyclic) bond motifs is 1. The maximum Gasteiger partial charge on any atom is 0.242 e. The fourth-order valence-electron chi connectivity index (χ4n) is 2.75. The summed E-state index contributed by atoms with van der Waals surface area (Å²) in [7, 11) is -3.86. The van der Waals surface area contributed by atoms with Crippen molar-refractivity contribution in [1.29, 1.82) is 0 Å². The summed E-state index contributed by atoms with van der Waals surface area (Å²) in [5.41, 5.74) is 1.12. The third-order valence-electron chi connectivity index (χ3n) is 4.43. The van der Waals surface area contributed by atoms with E-state index in [4.69, 9.17) is 0 Å². The molecule has 30 heavy (non-hydrogen) atoms. The van der Waals surface area contributed by atoms with Crippen molar-refractivity contribution in [2.75, 3.05) is 43.1 Å². The van der Waals surface area contributed by atoms with Gasteiger partial charge in [0, 0.05) is 44.5 Å². The molecule has 9 nitrogen and oxygen atoms in total. The van der Waals surface area contributed by atoms with Gasteiger partial charge in [-0.25, -0.2) is 26.8 Å². The molecule has 0 fully saturated rings. The smallest absolute Gasteiger partial charge is 0.242 e. The number of hydrogen-bond donors (Lipinski definition) is 1. The SMILES string of the molecule is CN(CCN(C)S(=O)(=O)c1ccc(NS(C)(=O)=O)cc1)c1ncc2ccccc2n1. The van der Waals surface area contributed by atoms with Crippen LogP contribution in [0.1, 0.15) is 0 Å². The highest BCUT2D eigenvalue weighted by Gasteiger charge is 2.21. The molecule has 1 N–H and O–H groups in total. The van der Waals surface area contributed by atoms with E-state index in [1.807, 2.05) is 24.3 Å². The van der Waals surface area contributed by atoms with E-state index in [0.717, 1.165) is 17.2 Å². The minimum Gasteiger partial charge on any atom is -0.343 e. The molecule has 0 saturated heterocycles.